The van der Waals surface area contributed by atoms with Crippen LogP contribution in [0.1, 0.15) is 37.5 Å². The van der Waals surface area contributed by atoms with E-state index in [0.29, 0.717) is 0 Å². The molecule has 0 saturated carbocycles. The fourth-order valence-corrected chi connectivity index (χ4v) is 3.44. The Morgan fingerprint density at radius 2 is 1.74 bits per heavy atom. The summed E-state index contributed by atoms with van der Waals surface area (Å²) in [6, 6.07) is 16.8. The zero-order valence-electron chi connectivity index (χ0n) is 13.9. The predicted molar refractivity (Wildman–Crippen MR) is 99.3 cm³/mol. The lowest BCUT2D eigenvalue weighted by molar-refractivity contribution is 0.524. The molecule has 118 valence electrons. The first kappa shape index (κ1) is 16.0. The van der Waals surface area contributed by atoms with Crippen LogP contribution in [-0.2, 0) is 18.3 Å². The average molecular weight is 324 g/mol. The van der Waals surface area contributed by atoms with Gasteiger partial charge < -0.3 is 0 Å². The number of fused-ring (bicyclic) bond motifs is 1. The van der Waals surface area contributed by atoms with Gasteiger partial charge in [-0.15, -0.1) is 0 Å². The molecule has 3 rings (SSSR count). The second kappa shape index (κ2) is 6.33. The van der Waals surface area contributed by atoms with Gasteiger partial charge in [0.25, 0.3) is 0 Å². The molecule has 0 atom stereocenters. The molecular formula is C21H22ClN. The van der Waals surface area contributed by atoms with Crippen molar-refractivity contribution in [1.82, 2.24) is 4.98 Å². The van der Waals surface area contributed by atoms with E-state index < -0.39 is 0 Å². The molecule has 2 heteroatoms. The number of halogens is 1. The summed E-state index contributed by atoms with van der Waals surface area (Å²) < 4.78 is 0. The van der Waals surface area contributed by atoms with Crippen LogP contribution in [0.3, 0.4) is 0 Å². The summed E-state index contributed by atoms with van der Waals surface area (Å²) in [4.78, 5) is 4.64. The first-order chi connectivity index (χ1) is 11.0. The molecule has 23 heavy (non-hydrogen) atoms. The van der Waals surface area contributed by atoms with Crippen LogP contribution in [-0.4, -0.2) is 4.98 Å². The maximum atomic E-state index is 6.55. The number of pyridine rings is 1. The highest BCUT2D eigenvalue weighted by atomic mass is 35.5. The van der Waals surface area contributed by atoms with Crippen molar-refractivity contribution in [3.05, 3.63) is 76.4 Å². The van der Waals surface area contributed by atoms with Crippen LogP contribution in [0.15, 0.2) is 54.7 Å². The number of benzene rings is 2. The zero-order valence-corrected chi connectivity index (χ0v) is 14.7. The highest BCUT2D eigenvalue weighted by molar-refractivity contribution is 6.32. The Morgan fingerprint density at radius 1 is 1.00 bits per heavy atom. The molecule has 1 aromatic heterocycles. The van der Waals surface area contributed by atoms with Crippen LogP contribution in [0.5, 0.6) is 0 Å². The third kappa shape index (κ3) is 3.11. The van der Waals surface area contributed by atoms with Crippen molar-refractivity contribution < 1.29 is 0 Å². The van der Waals surface area contributed by atoms with E-state index in [-0.39, 0.29) is 5.41 Å². The SMILES string of the molecule is CCc1ccnc2c(CC(C)(C)c3ccccc3)c(Cl)ccc12. The van der Waals surface area contributed by atoms with Crippen LogP contribution >= 0.6 is 11.6 Å². The van der Waals surface area contributed by atoms with Gasteiger partial charge in [-0.05, 0) is 47.1 Å². The van der Waals surface area contributed by atoms with E-state index in [1.165, 1.54) is 16.5 Å². The normalized spacial score (nSPS) is 11.8. The van der Waals surface area contributed by atoms with Gasteiger partial charge in [0.15, 0.2) is 0 Å². The van der Waals surface area contributed by atoms with E-state index in [9.17, 15) is 0 Å². The summed E-state index contributed by atoms with van der Waals surface area (Å²) >= 11 is 6.55. The lowest BCUT2D eigenvalue weighted by Gasteiger charge is -2.26. The van der Waals surface area contributed by atoms with Crippen molar-refractivity contribution in [1.29, 1.82) is 0 Å². The number of hydrogen-bond acceptors (Lipinski definition) is 1. The van der Waals surface area contributed by atoms with Gasteiger partial charge in [0.05, 0.1) is 5.52 Å². The molecule has 1 heterocycles. The van der Waals surface area contributed by atoms with Gasteiger partial charge in [-0.1, -0.05) is 68.8 Å². The molecule has 3 aromatic rings. The monoisotopic (exact) mass is 323 g/mol. The van der Waals surface area contributed by atoms with E-state index in [0.717, 1.165) is 28.9 Å². The lowest BCUT2D eigenvalue weighted by atomic mass is 9.78. The zero-order chi connectivity index (χ0) is 16.4. The Labute approximate surface area is 143 Å². The highest BCUT2D eigenvalue weighted by Gasteiger charge is 2.24. The van der Waals surface area contributed by atoms with Gasteiger partial charge in [0.2, 0.25) is 0 Å². The predicted octanol–water partition coefficient (Wildman–Crippen LogP) is 5.97. The molecule has 0 unspecified atom stereocenters. The minimum atomic E-state index is 0.00306. The summed E-state index contributed by atoms with van der Waals surface area (Å²) in [7, 11) is 0. The molecular weight excluding hydrogens is 302 g/mol. The van der Waals surface area contributed by atoms with Crippen molar-refractivity contribution in [2.75, 3.05) is 0 Å². The number of aryl methyl sites for hydroxylation is 1. The summed E-state index contributed by atoms with van der Waals surface area (Å²) in [6.07, 6.45) is 3.77. The Morgan fingerprint density at radius 3 is 2.43 bits per heavy atom. The highest BCUT2D eigenvalue weighted by Crippen LogP contribution is 2.34. The third-order valence-corrected chi connectivity index (χ3v) is 4.96. The summed E-state index contributed by atoms with van der Waals surface area (Å²) in [5.41, 5.74) is 4.84. The largest absolute Gasteiger partial charge is 0.256 e. The maximum absolute atomic E-state index is 6.55. The molecule has 0 amide bonds. The van der Waals surface area contributed by atoms with E-state index in [1.54, 1.807) is 0 Å². The Bertz CT molecular complexity index is 822. The van der Waals surface area contributed by atoms with Gasteiger partial charge in [-0.3, -0.25) is 4.98 Å². The van der Waals surface area contributed by atoms with Crippen LogP contribution in [0.2, 0.25) is 5.02 Å². The Kier molecular flexibility index (Phi) is 4.41. The van der Waals surface area contributed by atoms with Gasteiger partial charge in [-0.25, -0.2) is 0 Å². The Balaban J connectivity index is 2.11. The summed E-state index contributed by atoms with van der Waals surface area (Å²) in [5.74, 6) is 0. The first-order valence-electron chi connectivity index (χ1n) is 8.13. The smallest absolute Gasteiger partial charge is 0.0751 e. The van der Waals surface area contributed by atoms with Crippen molar-refractivity contribution in [3.8, 4) is 0 Å². The summed E-state index contributed by atoms with van der Waals surface area (Å²) in [5, 5.41) is 2.03. The van der Waals surface area contributed by atoms with Gasteiger partial charge >= 0.3 is 0 Å². The molecule has 0 aliphatic carbocycles. The third-order valence-electron chi connectivity index (χ3n) is 4.61. The fourth-order valence-electron chi connectivity index (χ4n) is 3.22. The first-order valence-corrected chi connectivity index (χ1v) is 8.51. The lowest BCUT2D eigenvalue weighted by Crippen LogP contribution is -2.21. The van der Waals surface area contributed by atoms with Crippen molar-refractivity contribution >= 4 is 22.5 Å². The second-order valence-corrected chi connectivity index (χ2v) is 7.08. The van der Waals surface area contributed by atoms with Gasteiger partial charge in [-0.2, -0.15) is 0 Å². The molecule has 0 aliphatic rings. The molecule has 2 aromatic carbocycles. The summed E-state index contributed by atoms with van der Waals surface area (Å²) in [6.45, 7) is 6.71. The van der Waals surface area contributed by atoms with Crippen molar-refractivity contribution in [2.24, 2.45) is 0 Å². The molecule has 0 N–H and O–H groups in total. The van der Waals surface area contributed by atoms with Crippen molar-refractivity contribution in [3.63, 3.8) is 0 Å². The standard InChI is InChI=1S/C21H22ClN/c1-4-15-12-13-23-20-17(15)10-11-19(22)18(20)14-21(2,3)16-8-6-5-7-9-16/h5-13H,4,14H2,1-3H3. The quantitative estimate of drug-likeness (QED) is 0.576. The number of aromatic nitrogens is 1. The molecule has 0 radical (unpaired) electrons. The minimum absolute atomic E-state index is 0.00306. The van der Waals surface area contributed by atoms with E-state index in [1.807, 2.05) is 12.3 Å². The maximum Gasteiger partial charge on any atom is 0.0751 e. The van der Waals surface area contributed by atoms with Gasteiger partial charge in [0.1, 0.15) is 0 Å². The molecule has 0 saturated heterocycles. The number of hydrogen-bond donors (Lipinski definition) is 0. The second-order valence-electron chi connectivity index (χ2n) is 6.67. The van der Waals surface area contributed by atoms with Crippen LogP contribution in [0.25, 0.3) is 10.9 Å². The number of nitrogens with zero attached hydrogens (tertiary/aromatic N) is 1. The molecule has 0 bridgehead atoms. The Hall–Kier alpha value is -1.86. The molecule has 0 spiro atoms. The average Bonchev–Trinajstić information content (AvgIpc) is 2.57. The molecule has 1 nitrogen and oxygen atoms in total. The minimum Gasteiger partial charge on any atom is -0.256 e. The molecule has 0 fully saturated rings. The topological polar surface area (TPSA) is 12.9 Å². The van der Waals surface area contributed by atoms with Crippen LogP contribution in [0, 0.1) is 0 Å². The van der Waals surface area contributed by atoms with E-state index >= 15 is 0 Å². The van der Waals surface area contributed by atoms with Crippen LogP contribution in [0.4, 0.5) is 0 Å². The van der Waals surface area contributed by atoms with Gasteiger partial charge in [0, 0.05) is 16.6 Å². The fraction of sp³-hybridized carbons (Fsp3) is 0.286. The van der Waals surface area contributed by atoms with E-state index in [2.05, 4.69) is 68.2 Å². The van der Waals surface area contributed by atoms with E-state index in [4.69, 9.17) is 11.6 Å². The number of rotatable bonds is 4. The van der Waals surface area contributed by atoms with Crippen LogP contribution < -0.4 is 0 Å². The molecule has 0 aliphatic heterocycles. The van der Waals surface area contributed by atoms with Crippen molar-refractivity contribution in [2.45, 2.75) is 39.0 Å².